The van der Waals surface area contributed by atoms with E-state index in [0.717, 1.165) is 5.56 Å². The Morgan fingerprint density at radius 2 is 1.77 bits per heavy atom. The monoisotopic (exact) mass is 531 g/mol. The first-order valence-corrected chi connectivity index (χ1v) is 13.0. The number of H-pyrrole nitrogens is 1. The number of carbonyl (C=O) groups is 4. The number of nitrogens with zero attached hydrogens (tertiary/aromatic N) is 2. The first-order valence-electron chi connectivity index (χ1n) is 13.0. The van der Waals surface area contributed by atoms with Gasteiger partial charge in [-0.25, -0.2) is 0 Å². The molecule has 11 heteroatoms. The molecule has 5 N–H and O–H groups in total. The lowest BCUT2D eigenvalue weighted by Crippen LogP contribution is -2.50. The zero-order chi connectivity index (χ0) is 27.5. The molecular weight excluding hydrogens is 498 g/mol. The van der Waals surface area contributed by atoms with Gasteiger partial charge in [0.2, 0.25) is 11.8 Å². The summed E-state index contributed by atoms with van der Waals surface area (Å²) in [6.07, 6.45) is 5.83. The molecule has 3 aromatic rings. The molecular formula is C28H33N7O4. The summed E-state index contributed by atoms with van der Waals surface area (Å²) in [6, 6.07) is 13.6. The summed E-state index contributed by atoms with van der Waals surface area (Å²) in [5, 5.41) is 11.7. The van der Waals surface area contributed by atoms with Gasteiger partial charge in [-0.3, -0.25) is 24.2 Å². The van der Waals surface area contributed by atoms with Crippen LogP contribution in [0.15, 0.2) is 67.1 Å². The summed E-state index contributed by atoms with van der Waals surface area (Å²) in [5.74, 6) is -1.16. The smallest absolute Gasteiger partial charge is 0.270 e. The number of benzene rings is 1. The molecule has 3 heterocycles. The second-order valence-corrected chi connectivity index (χ2v) is 9.21. The average Bonchev–Trinajstić information content (AvgIpc) is 3.49. The molecule has 204 valence electrons. The Labute approximate surface area is 226 Å². The van der Waals surface area contributed by atoms with Crippen LogP contribution in [-0.2, 0) is 16.0 Å². The molecule has 0 radical (unpaired) electrons. The highest BCUT2D eigenvalue weighted by Gasteiger charge is 2.24. The van der Waals surface area contributed by atoms with Crippen LogP contribution in [0.5, 0.6) is 0 Å². The second kappa shape index (κ2) is 13.8. The van der Waals surface area contributed by atoms with Crippen molar-refractivity contribution in [2.24, 2.45) is 0 Å². The van der Waals surface area contributed by atoms with Gasteiger partial charge in [0.1, 0.15) is 11.7 Å². The Hall–Kier alpha value is -4.67. The summed E-state index contributed by atoms with van der Waals surface area (Å²) in [5.41, 5.74) is 2.22. The van der Waals surface area contributed by atoms with Crippen LogP contribution in [0.4, 0.5) is 5.69 Å². The summed E-state index contributed by atoms with van der Waals surface area (Å²) in [4.78, 5) is 60.4. The fourth-order valence-corrected chi connectivity index (χ4v) is 4.28. The van der Waals surface area contributed by atoms with Crippen molar-refractivity contribution in [2.75, 3.05) is 38.0 Å². The van der Waals surface area contributed by atoms with Crippen molar-refractivity contribution in [1.82, 2.24) is 30.8 Å². The number of amides is 4. The van der Waals surface area contributed by atoms with Gasteiger partial charge in [-0.15, -0.1) is 0 Å². The number of rotatable bonds is 3. The molecule has 1 aromatic carbocycles. The van der Waals surface area contributed by atoms with Crippen molar-refractivity contribution in [2.45, 2.75) is 25.3 Å². The Bertz CT molecular complexity index is 1260. The van der Waals surface area contributed by atoms with Gasteiger partial charge in [-0.05, 0) is 30.2 Å². The number of fused-ring (bicyclic) bond motifs is 2. The Morgan fingerprint density at radius 1 is 0.949 bits per heavy atom. The number of pyridine rings is 1. The molecule has 1 atom stereocenters. The Morgan fingerprint density at radius 3 is 2.56 bits per heavy atom. The third-order valence-electron chi connectivity index (χ3n) is 6.32. The van der Waals surface area contributed by atoms with Gasteiger partial charge in [-0.1, -0.05) is 30.3 Å². The van der Waals surface area contributed by atoms with E-state index >= 15 is 0 Å². The largest absolute Gasteiger partial charge is 0.383 e. The molecule has 4 amide bonds. The Balaban J connectivity index is 1.52. The maximum Gasteiger partial charge on any atom is 0.270 e. The minimum absolute atomic E-state index is 0.115. The lowest BCUT2D eigenvalue weighted by Gasteiger charge is -2.24. The number of hydrogen-bond donors (Lipinski definition) is 5. The molecule has 0 saturated heterocycles. The fraction of sp³-hybridized carbons (Fsp3) is 0.321. The van der Waals surface area contributed by atoms with E-state index in [1.807, 2.05) is 30.3 Å². The first-order chi connectivity index (χ1) is 19.0. The standard InChI is InChI=1S/C28H33N7O4/c36-25-7-4-15-35(28(39)21-8-10-29-19-21)16-14-33-26(37)24(17-20-5-2-1-3-6-20)34-27(38)23-18-22(9-11-31-23)30-12-13-32-25/h1-3,5-6,8-11,18-19,24,29-30H,4,7,12-17H2,(H,32,36)(H,33,37)(H,34,38)/t24-/m0/s1. The van der Waals surface area contributed by atoms with Gasteiger partial charge in [0, 0.05) is 69.8 Å². The van der Waals surface area contributed by atoms with Crippen LogP contribution in [-0.4, -0.2) is 77.3 Å². The van der Waals surface area contributed by atoms with E-state index in [-0.39, 0.29) is 49.3 Å². The third-order valence-corrected chi connectivity index (χ3v) is 6.32. The van der Waals surface area contributed by atoms with Gasteiger partial charge in [-0.2, -0.15) is 0 Å². The van der Waals surface area contributed by atoms with Crippen molar-refractivity contribution in [1.29, 1.82) is 0 Å². The fourth-order valence-electron chi connectivity index (χ4n) is 4.28. The van der Waals surface area contributed by atoms with E-state index in [2.05, 4.69) is 31.2 Å². The van der Waals surface area contributed by atoms with E-state index < -0.39 is 11.9 Å². The quantitative estimate of drug-likeness (QED) is 0.344. The topological polar surface area (TPSA) is 148 Å². The van der Waals surface area contributed by atoms with Crippen LogP contribution in [0.3, 0.4) is 0 Å². The normalized spacial score (nSPS) is 17.9. The second-order valence-electron chi connectivity index (χ2n) is 9.21. The number of carbonyl (C=O) groups excluding carboxylic acids is 4. The first kappa shape index (κ1) is 27.4. The van der Waals surface area contributed by atoms with Crippen molar-refractivity contribution >= 4 is 29.3 Å². The maximum atomic E-state index is 13.3. The zero-order valence-electron chi connectivity index (χ0n) is 21.6. The average molecular weight is 532 g/mol. The van der Waals surface area contributed by atoms with Crippen molar-refractivity contribution in [3.05, 3.63) is 83.9 Å². The molecule has 2 aromatic heterocycles. The molecule has 0 aliphatic carbocycles. The number of nitrogens with one attached hydrogen (secondary N) is 5. The minimum atomic E-state index is -0.851. The van der Waals surface area contributed by atoms with Crippen LogP contribution in [0.25, 0.3) is 0 Å². The zero-order valence-corrected chi connectivity index (χ0v) is 21.6. The van der Waals surface area contributed by atoms with E-state index in [1.165, 1.54) is 6.20 Å². The molecule has 2 bridgehead atoms. The molecule has 0 saturated carbocycles. The summed E-state index contributed by atoms with van der Waals surface area (Å²) < 4.78 is 0. The third kappa shape index (κ3) is 8.16. The van der Waals surface area contributed by atoms with E-state index in [1.54, 1.807) is 35.5 Å². The lowest BCUT2D eigenvalue weighted by atomic mass is 10.0. The highest BCUT2D eigenvalue weighted by Crippen LogP contribution is 2.10. The molecule has 0 unspecified atom stereocenters. The van der Waals surface area contributed by atoms with Gasteiger partial charge in [0.05, 0.1) is 5.56 Å². The predicted octanol–water partition coefficient (Wildman–Crippen LogP) is 1.33. The number of anilines is 1. The number of hydrogen-bond acceptors (Lipinski definition) is 6. The van der Waals surface area contributed by atoms with Crippen LogP contribution in [0.2, 0.25) is 0 Å². The molecule has 1 aliphatic heterocycles. The summed E-state index contributed by atoms with van der Waals surface area (Å²) >= 11 is 0. The number of aromatic amines is 1. The lowest BCUT2D eigenvalue weighted by molar-refractivity contribution is -0.123. The van der Waals surface area contributed by atoms with Crippen LogP contribution in [0.1, 0.15) is 39.3 Å². The van der Waals surface area contributed by atoms with E-state index in [9.17, 15) is 19.2 Å². The SMILES string of the molecule is O=C1CCCN(C(=O)c2cc[nH]c2)CCNC(=O)[C@H](Cc2ccccc2)NC(=O)c2cc(ccn2)NCCN1. The van der Waals surface area contributed by atoms with Crippen molar-refractivity contribution in [3.8, 4) is 0 Å². The van der Waals surface area contributed by atoms with Crippen molar-refractivity contribution in [3.63, 3.8) is 0 Å². The predicted molar refractivity (Wildman–Crippen MR) is 146 cm³/mol. The molecule has 39 heavy (non-hydrogen) atoms. The summed E-state index contributed by atoms with van der Waals surface area (Å²) in [7, 11) is 0. The minimum Gasteiger partial charge on any atom is -0.383 e. The molecule has 0 fully saturated rings. The van der Waals surface area contributed by atoms with Crippen LogP contribution in [0, 0.1) is 0 Å². The summed E-state index contributed by atoms with van der Waals surface area (Å²) in [6.45, 7) is 1.63. The van der Waals surface area contributed by atoms with Crippen LogP contribution >= 0.6 is 0 Å². The molecule has 4 rings (SSSR count). The van der Waals surface area contributed by atoms with Gasteiger partial charge in [0.15, 0.2) is 0 Å². The molecule has 0 spiro atoms. The van der Waals surface area contributed by atoms with E-state index in [4.69, 9.17) is 0 Å². The Kier molecular flexibility index (Phi) is 9.65. The van der Waals surface area contributed by atoms with Gasteiger partial charge >= 0.3 is 0 Å². The van der Waals surface area contributed by atoms with Gasteiger partial charge < -0.3 is 31.2 Å². The highest BCUT2D eigenvalue weighted by atomic mass is 16.2. The molecule has 11 nitrogen and oxygen atoms in total. The van der Waals surface area contributed by atoms with E-state index in [0.29, 0.717) is 37.3 Å². The van der Waals surface area contributed by atoms with Crippen LogP contribution < -0.4 is 21.3 Å². The van der Waals surface area contributed by atoms with Gasteiger partial charge in [0.25, 0.3) is 11.8 Å². The van der Waals surface area contributed by atoms with Crippen molar-refractivity contribution < 1.29 is 19.2 Å². The highest BCUT2D eigenvalue weighted by molar-refractivity contribution is 5.97. The molecule has 1 aliphatic rings. The number of aromatic nitrogens is 2. The maximum absolute atomic E-state index is 13.3.